The fraction of sp³-hybridized carbons (Fsp3) is 0.857. The summed E-state index contributed by atoms with van der Waals surface area (Å²) in [6.07, 6.45) is 0.830. The van der Waals surface area contributed by atoms with Gasteiger partial charge in [-0.25, -0.2) is 0 Å². The first-order valence-electron chi connectivity index (χ1n) is 3.78. The Labute approximate surface area is 80.9 Å². The second-order valence-electron chi connectivity index (χ2n) is 2.92. The topological polar surface area (TPSA) is 49.3 Å². The maximum absolute atomic E-state index is 11.0. The standard InChI is InChI=1S/C7H12ClNO2S/c8-3-6(11)9-7(4-10)1-2-12-5-7/h10H,1-5H2,(H,9,11). The number of halogens is 1. The number of aliphatic hydroxyl groups excluding tert-OH is 1. The van der Waals surface area contributed by atoms with E-state index < -0.39 is 5.54 Å². The van der Waals surface area contributed by atoms with Crippen LogP contribution in [0.25, 0.3) is 0 Å². The average molecular weight is 210 g/mol. The third-order valence-corrected chi connectivity index (χ3v) is 3.42. The molecule has 5 heteroatoms. The number of carbonyl (C=O) groups is 1. The lowest BCUT2D eigenvalue weighted by Crippen LogP contribution is -2.52. The Bertz CT molecular complexity index is 171. The Morgan fingerprint density at radius 2 is 2.50 bits per heavy atom. The lowest BCUT2D eigenvalue weighted by atomic mass is 10.0. The molecular weight excluding hydrogens is 198 g/mol. The molecule has 1 aliphatic heterocycles. The van der Waals surface area contributed by atoms with Crippen LogP contribution in [0.1, 0.15) is 6.42 Å². The molecule has 0 aromatic rings. The number of carbonyl (C=O) groups excluding carboxylic acids is 1. The molecule has 2 N–H and O–H groups in total. The lowest BCUT2D eigenvalue weighted by Gasteiger charge is -2.26. The highest BCUT2D eigenvalue weighted by Gasteiger charge is 2.34. The molecule has 1 aliphatic rings. The van der Waals surface area contributed by atoms with Gasteiger partial charge in [-0.15, -0.1) is 11.6 Å². The van der Waals surface area contributed by atoms with E-state index in [4.69, 9.17) is 16.7 Å². The molecular formula is C7H12ClNO2S. The molecule has 1 heterocycles. The van der Waals surface area contributed by atoms with Gasteiger partial charge in [-0.3, -0.25) is 4.79 Å². The first kappa shape index (κ1) is 10.2. The zero-order valence-corrected chi connectivity index (χ0v) is 8.25. The van der Waals surface area contributed by atoms with Crippen molar-refractivity contribution in [2.45, 2.75) is 12.0 Å². The van der Waals surface area contributed by atoms with Gasteiger partial charge in [0, 0.05) is 5.75 Å². The monoisotopic (exact) mass is 209 g/mol. The molecule has 0 aliphatic carbocycles. The molecule has 1 fully saturated rings. The Balaban J connectivity index is 2.49. The van der Waals surface area contributed by atoms with Crippen LogP contribution in [-0.4, -0.2) is 40.5 Å². The molecule has 0 aromatic heterocycles. The summed E-state index contributed by atoms with van der Waals surface area (Å²) in [4.78, 5) is 11.0. The van der Waals surface area contributed by atoms with E-state index in [0.717, 1.165) is 17.9 Å². The van der Waals surface area contributed by atoms with Crippen molar-refractivity contribution in [3.63, 3.8) is 0 Å². The van der Waals surface area contributed by atoms with Crippen molar-refractivity contribution in [2.24, 2.45) is 0 Å². The number of hydrogen-bond donors (Lipinski definition) is 2. The summed E-state index contributed by atoms with van der Waals surface area (Å²) < 4.78 is 0. The van der Waals surface area contributed by atoms with Gasteiger partial charge in [0.05, 0.1) is 12.1 Å². The molecule has 0 radical (unpaired) electrons. The second-order valence-corrected chi connectivity index (χ2v) is 4.30. The van der Waals surface area contributed by atoms with E-state index in [1.807, 2.05) is 0 Å². The van der Waals surface area contributed by atoms with Gasteiger partial charge in [-0.2, -0.15) is 11.8 Å². The SMILES string of the molecule is O=C(CCl)NC1(CO)CCSC1. The number of hydrogen-bond acceptors (Lipinski definition) is 3. The number of rotatable bonds is 3. The van der Waals surface area contributed by atoms with Crippen LogP contribution in [0.3, 0.4) is 0 Å². The minimum Gasteiger partial charge on any atom is -0.394 e. The van der Waals surface area contributed by atoms with E-state index in [0.29, 0.717) is 0 Å². The van der Waals surface area contributed by atoms with Gasteiger partial charge in [0.1, 0.15) is 5.88 Å². The summed E-state index contributed by atoms with van der Waals surface area (Å²) in [6.45, 7) is 0.00261. The van der Waals surface area contributed by atoms with E-state index in [2.05, 4.69) is 5.32 Å². The minimum atomic E-state index is -0.406. The predicted molar refractivity (Wildman–Crippen MR) is 50.6 cm³/mol. The zero-order chi connectivity index (χ0) is 9.03. The Morgan fingerprint density at radius 1 is 1.75 bits per heavy atom. The molecule has 1 atom stereocenters. The Morgan fingerprint density at radius 3 is 2.92 bits per heavy atom. The van der Waals surface area contributed by atoms with Gasteiger partial charge in [-0.1, -0.05) is 0 Å². The smallest absolute Gasteiger partial charge is 0.235 e. The van der Waals surface area contributed by atoms with E-state index in [1.54, 1.807) is 11.8 Å². The largest absolute Gasteiger partial charge is 0.394 e. The highest BCUT2D eigenvalue weighted by molar-refractivity contribution is 7.99. The molecule has 1 saturated heterocycles. The van der Waals surface area contributed by atoms with Gasteiger partial charge < -0.3 is 10.4 Å². The van der Waals surface area contributed by atoms with Crippen molar-refractivity contribution in [3.05, 3.63) is 0 Å². The summed E-state index contributed by atoms with van der Waals surface area (Å²) >= 11 is 7.09. The van der Waals surface area contributed by atoms with Crippen LogP contribution in [0.2, 0.25) is 0 Å². The molecule has 0 saturated carbocycles. The van der Waals surface area contributed by atoms with Crippen molar-refractivity contribution in [1.29, 1.82) is 0 Å². The number of alkyl halides is 1. The second kappa shape index (κ2) is 4.35. The van der Waals surface area contributed by atoms with Crippen LogP contribution in [-0.2, 0) is 4.79 Å². The summed E-state index contributed by atoms with van der Waals surface area (Å²) in [7, 11) is 0. The van der Waals surface area contributed by atoms with Crippen LogP contribution < -0.4 is 5.32 Å². The fourth-order valence-corrected chi connectivity index (χ4v) is 2.64. The van der Waals surface area contributed by atoms with Crippen LogP contribution >= 0.6 is 23.4 Å². The quantitative estimate of drug-likeness (QED) is 0.654. The van der Waals surface area contributed by atoms with Gasteiger partial charge >= 0.3 is 0 Å². The van der Waals surface area contributed by atoms with Crippen LogP contribution in [0.5, 0.6) is 0 Å². The lowest BCUT2D eigenvalue weighted by molar-refractivity contribution is -0.120. The summed E-state index contributed by atoms with van der Waals surface area (Å²) in [5.74, 6) is 1.54. The molecule has 0 aromatic carbocycles. The third kappa shape index (κ3) is 2.28. The molecule has 1 amide bonds. The van der Waals surface area contributed by atoms with E-state index >= 15 is 0 Å². The number of thioether (sulfide) groups is 1. The maximum Gasteiger partial charge on any atom is 0.235 e. The fourth-order valence-electron chi connectivity index (χ4n) is 1.20. The van der Waals surface area contributed by atoms with Crippen LogP contribution in [0.15, 0.2) is 0 Å². The zero-order valence-electron chi connectivity index (χ0n) is 6.68. The Hall–Kier alpha value is 0.0700. The molecule has 3 nitrogen and oxygen atoms in total. The first-order valence-corrected chi connectivity index (χ1v) is 5.47. The molecule has 12 heavy (non-hydrogen) atoms. The highest BCUT2D eigenvalue weighted by atomic mass is 35.5. The molecule has 1 rings (SSSR count). The number of aliphatic hydroxyl groups is 1. The van der Waals surface area contributed by atoms with E-state index in [1.165, 1.54) is 0 Å². The molecule has 1 unspecified atom stereocenters. The number of nitrogens with one attached hydrogen (secondary N) is 1. The number of amides is 1. The predicted octanol–water partition coefficient (Wildman–Crippen LogP) is 0.209. The van der Waals surface area contributed by atoms with Crippen LogP contribution in [0, 0.1) is 0 Å². The molecule has 70 valence electrons. The van der Waals surface area contributed by atoms with E-state index in [9.17, 15) is 4.79 Å². The van der Waals surface area contributed by atoms with Crippen molar-refractivity contribution < 1.29 is 9.90 Å². The summed E-state index contributed by atoms with van der Waals surface area (Å²) in [5, 5.41) is 11.8. The van der Waals surface area contributed by atoms with Crippen molar-refractivity contribution in [2.75, 3.05) is 24.0 Å². The summed E-state index contributed by atoms with van der Waals surface area (Å²) in [6, 6.07) is 0. The maximum atomic E-state index is 11.0. The molecule has 0 spiro atoms. The van der Waals surface area contributed by atoms with Crippen molar-refractivity contribution in [3.8, 4) is 0 Å². The van der Waals surface area contributed by atoms with Crippen LogP contribution in [0.4, 0.5) is 0 Å². The highest BCUT2D eigenvalue weighted by Crippen LogP contribution is 2.27. The van der Waals surface area contributed by atoms with Gasteiger partial charge in [0.25, 0.3) is 0 Å². The summed E-state index contributed by atoms with van der Waals surface area (Å²) in [5.41, 5.74) is -0.406. The third-order valence-electron chi connectivity index (χ3n) is 1.93. The molecule has 0 bridgehead atoms. The van der Waals surface area contributed by atoms with Crippen molar-refractivity contribution in [1.82, 2.24) is 5.32 Å². The van der Waals surface area contributed by atoms with Gasteiger partial charge in [0.2, 0.25) is 5.91 Å². The van der Waals surface area contributed by atoms with E-state index in [-0.39, 0.29) is 18.4 Å². The van der Waals surface area contributed by atoms with Crippen molar-refractivity contribution >= 4 is 29.3 Å². The first-order chi connectivity index (χ1) is 5.72. The normalized spacial score (nSPS) is 28.8. The average Bonchev–Trinajstić information content (AvgIpc) is 2.54. The Kier molecular flexibility index (Phi) is 3.68. The van der Waals surface area contributed by atoms with Gasteiger partial charge in [-0.05, 0) is 12.2 Å². The van der Waals surface area contributed by atoms with Gasteiger partial charge in [0.15, 0.2) is 0 Å². The minimum absolute atomic E-state index is 0.00261.